The van der Waals surface area contributed by atoms with Crippen molar-refractivity contribution >= 4 is 0 Å². The summed E-state index contributed by atoms with van der Waals surface area (Å²) in [6.45, 7) is 21.2. The first kappa shape index (κ1) is 21.3. The number of aryl methyl sites for hydroxylation is 1. The van der Waals surface area contributed by atoms with E-state index < -0.39 is 0 Å². The van der Waals surface area contributed by atoms with E-state index in [1.54, 1.807) is 0 Å². The Morgan fingerprint density at radius 1 is 0.556 bits per heavy atom. The first-order chi connectivity index (χ1) is 12.0. The largest absolute Gasteiger partial charge is 0.507 e. The molecule has 0 aromatic heterocycles. The standard InChI is InChI=1S/C25H36O2/c1-15-11-16(23(2,3)4)12-18(21(15)26)19-13-17(24(5,6)7)14-20(22(19)27)25(8,9)10/h11-14,26-27H,1-10H3. The van der Waals surface area contributed by atoms with Crippen molar-refractivity contribution in [2.24, 2.45) is 0 Å². The van der Waals surface area contributed by atoms with Gasteiger partial charge in [-0.2, -0.15) is 0 Å². The third kappa shape index (κ3) is 4.31. The summed E-state index contributed by atoms with van der Waals surface area (Å²) in [5.41, 5.74) is 5.13. The normalized spacial score (nSPS) is 13.1. The summed E-state index contributed by atoms with van der Waals surface area (Å²) >= 11 is 0. The van der Waals surface area contributed by atoms with Crippen LogP contribution in [0.15, 0.2) is 24.3 Å². The number of hydrogen-bond donors (Lipinski definition) is 2. The highest BCUT2D eigenvalue weighted by Gasteiger charge is 2.27. The van der Waals surface area contributed by atoms with Crippen LogP contribution in [0, 0.1) is 6.92 Å². The smallest absolute Gasteiger partial charge is 0.127 e. The van der Waals surface area contributed by atoms with Crippen LogP contribution >= 0.6 is 0 Å². The Bertz CT molecular complexity index is 854. The molecule has 0 atom stereocenters. The maximum Gasteiger partial charge on any atom is 0.127 e. The van der Waals surface area contributed by atoms with Gasteiger partial charge in [-0.25, -0.2) is 0 Å². The highest BCUT2D eigenvalue weighted by atomic mass is 16.3. The van der Waals surface area contributed by atoms with Crippen molar-refractivity contribution in [1.29, 1.82) is 0 Å². The van der Waals surface area contributed by atoms with E-state index in [4.69, 9.17) is 0 Å². The molecule has 0 aliphatic rings. The fourth-order valence-corrected chi connectivity index (χ4v) is 3.26. The molecule has 2 nitrogen and oxygen atoms in total. The highest BCUT2D eigenvalue weighted by molar-refractivity contribution is 5.80. The van der Waals surface area contributed by atoms with Crippen molar-refractivity contribution in [2.45, 2.75) is 85.5 Å². The van der Waals surface area contributed by atoms with Gasteiger partial charge in [0.05, 0.1) is 0 Å². The van der Waals surface area contributed by atoms with Crippen LogP contribution in [0.1, 0.15) is 84.6 Å². The lowest BCUT2D eigenvalue weighted by Crippen LogP contribution is -2.17. The maximum atomic E-state index is 11.2. The van der Waals surface area contributed by atoms with Crippen LogP contribution in [0.3, 0.4) is 0 Å². The zero-order chi connectivity index (χ0) is 20.9. The minimum absolute atomic E-state index is 0.0443. The molecule has 2 aromatic rings. The lowest BCUT2D eigenvalue weighted by molar-refractivity contribution is 0.444. The second-order valence-corrected chi connectivity index (χ2v) is 10.9. The van der Waals surface area contributed by atoms with Gasteiger partial charge in [-0.3, -0.25) is 0 Å². The summed E-state index contributed by atoms with van der Waals surface area (Å²) in [6, 6.07) is 8.20. The monoisotopic (exact) mass is 368 g/mol. The Morgan fingerprint density at radius 2 is 0.963 bits per heavy atom. The molecular weight excluding hydrogens is 332 g/mol. The maximum absolute atomic E-state index is 11.2. The molecule has 148 valence electrons. The van der Waals surface area contributed by atoms with Crippen LogP contribution < -0.4 is 0 Å². The van der Waals surface area contributed by atoms with Crippen LogP contribution in [-0.4, -0.2) is 10.2 Å². The topological polar surface area (TPSA) is 40.5 Å². The molecule has 2 rings (SSSR count). The van der Waals surface area contributed by atoms with Crippen LogP contribution in [0.4, 0.5) is 0 Å². The summed E-state index contributed by atoms with van der Waals surface area (Å²) in [5, 5.41) is 22.0. The Morgan fingerprint density at radius 3 is 1.37 bits per heavy atom. The molecule has 0 bridgehead atoms. The molecule has 0 saturated carbocycles. The minimum Gasteiger partial charge on any atom is -0.507 e. The molecule has 2 aromatic carbocycles. The van der Waals surface area contributed by atoms with Crippen LogP contribution in [0.25, 0.3) is 11.1 Å². The molecule has 0 radical (unpaired) electrons. The van der Waals surface area contributed by atoms with E-state index in [0.29, 0.717) is 11.1 Å². The fourth-order valence-electron chi connectivity index (χ4n) is 3.26. The summed E-state index contributed by atoms with van der Waals surface area (Å²) in [6.07, 6.45) is 0. The van der Waals surface area contributed by atoms with Gasteiger partial charge in [-0.1, -0.05) is 74.4 Å². The molecule has 2 N–H and O–H groups in total. The van der Waals surface area contributed by atoms with Gasteiger partial charge >= 0.3 is 0 Å². The first-order valence-electron chi connectivity index (χ1n) is 9.76. The molecule has 0 aliphatic heterocycles. The zero-order valence-corrected chi connectivity index (χ0v) is 18.7. The number of aromatic hydroxyl groups is 2. The Kier molecular flexibility index (Phi) is 5.20. The van der Waals surface area contributed by atoms with Crippen molar-refractivity contribution < 1.29 is 10.2 Å². The number of rotatable bonds is 1. The van der Waals surface area contributed by atoms with Gasteiger partial charge in [0.15, 0.2) is 0 Å². The van der Waals surface area contributed by atoms with Crippen LogP contribution in [0.5, 0.6) is 11.5 Å². The Balaban J connectivity index is 2.92. The molecule has 0 fully saturated rings. The van der Waals surface area contributed by atoms with E-state index in [2.05, 4.69) is 68.4 Å². The zero-order valence-electron chi connectivity index (χ0n) is 18.7. The average molecular weight is 369 g/mol. The first-order valence-corrected chi connectivity index (χ1v) is 9.76. The van der Waals surface area contributed by atoms with Gasteiger partial charge in [0.2, 0.25) is 0 Å². The second kappa shape index (κ2) is 6.58. The van der Waals surface area contributed by atoms with Crippen molar-refractivity contribution in [1.82, 2.24) is 0 Å². The Hall–Kier alpha value is -1.96. The summed E-state index contributed by atoms with van der Waals surface area (Å²) in [4.78, 5) is 0. The lowest BCUT2D eigenvalue weighted by atomic mass is 9.77. The van der Waals surface area contributed by atoms with E-state index >= 15 is 0 Å². The minimum atomic E-state index is -0.202. The summed E-state index contributed by atoms with van der Waals surface area (Å²) < 4.78 is 0. The molecular formula is C25H36O2. The van der Waals surface area contributed by atoms with Crippen LogP contribution in [-0.2, 0) is 16.2 Å². The molecule has 0 heterocycles. The third-order valence-electron chi connectivity index (χ3n) is 5.24. The molecule has 0 unspecified atom stereocenters. The van der Waals surface area contributed by atoms with Crippen molar-refractivity contribution in [3.8, 4) is 22.6 Å². The van der Waals surface area contributed by atoms with Gasteiger partial charge in [0.25, 0.3) is 0 Å². The van der Waals surface area contributed by atoms with Crippen molar-refractivity contribution in [2.75, 3.05) is 0 Å². The summed E-state index contributed by atoms with van der Waals surface area (Å²) in [5.74, 6) is 0.500. The number of benzene rings is 2. The number of hydrogen-bond acceptors (Lipinski definition) is 2. The van der Waals surface area contributed by atoms with Crippen molar-refractivity contribution in [3.05, 3.63) is 46.5 Å². The molecule has 0 saturated heterocycles. The van der Waals surface area contributed by atoms with Gasteiger partial charge in [0.1, 0.15) is 11.5 Å². The lowest BCUT2D eigenvalue weighted by Gasteiger charge is -2.28. The SMILES string of the molecule is Cc1cc(C(C)(C)C)cc(-c2cc(C(C)(C)C)cc(C(C)(C)C)c2O)c1O. The molecule has 2 heteroatoms. The number of phenols is 2. The average Bonchev–Trinajstić information content (AvgIpc) is 2.47. The van der Waals surface area contributed by atoms with E-state index in [0.717, 1.165) is 22.3 Å². The van der Waals surface area contributed by atoms with E-state index in [1.807, 2.05) is 25.1 Å². The predicted molar refractivity (Wildman–Crippen MR) is 116 cm³/mol. The van der Waals surface area contributed by atoms with Gasteiger partial charge < -0.3 is 10.2 Å². The Labute approximate surface area is 165 Å². The van der Waals surface area contributed by atoms with Gasteiger partial charge in [-0.15, -0.1) is 0 Å². The van der Waals surface area contributed by atoms with E-state index in [1.165, 1.54) is 0 Å². The van der Waals surface area contributed by atoms with Crippen molar-refractivity contribution in [3.63, 3.8) is 0 Å². The third-order valence-corrected chi connectivity index (χ3v) is 5.24. The summed E-state index contributed by atoms with van der Waals surface area (Å²) in [7, 11) is 0. The molecule has 0 spiro atoms. The highest BCUT2D eigenvalue weighted by Crippen LogP contribution is 2.46. The van der Waals surface area contributed by atoms with E-state index in [9.17, 15) is 10.2 Å². The molecule has 27 heavy (non-hydrogen) atoms. The van der Waals surface area contributed by atoms with Crippen LogP contribution in [0.2, 0.25) is 0 Å². The molecule has 0 amide bonds. The quantitative estimate of drug-likeness (QED) is 0.571. The molecule has 0 aliphatic carbocycles. The number of phenolic OH excluding ortho intramolecular Hbond substituents is 2. The van der Waals surface area contributed by atoms with Gasteiger partial charge in [-0.05, 0) is 52.0 Å². The van der Waals surface area contributed by atoms with Gasteiger partial charge in [0, 0.05) is 16.7 Å². The fraction of sp³-hybridized carbons (Fsp3) is 0.520. The second-order valence-electron chi connectivity index (χ2n) is 10.9. The predicted octanol–water partition coefficient (Wildman–Crippen LogP) is 6.97. The van der Waals surface area contributed by atoms with E-state index in [-0.39, 0.29) is 27.7 Å².